The van der Waals surface area contributed by atoms with Crippen LogP contribution in [0, 0.1) is 5.92 Å². The molecule has 0 aromatic rings. The minimum Gasteiger partial charge on any atom is -0.478 e. The zero-order valence-electron chi connectivity index (χ0n) is 7.33. The van der Waals surface area contributed by atoms with Gasteiger partial charge in [0.1, 0.15) is 0 Å². The summed E-state index contributed by atoms with van der Waals surface area (Å²) in [6.07, 6.45) is 0.872. The van der Waals surface area contributed by atoms with Crippen LogP contribution in [-0.4, -0.2) is 24.2 Å². The summed E-state index contributed by atoms with van der Waals surface area (Å²) in [6.45, 7) is 3.46. The number of hydrogen-bond donors (Lipinski definition) is 1. The average Bonchev–Trinajstić information content (AvgIpc) is 1.98. The van der Waals surface area contributed by atoms with Crippen LogP contribution in [-0.2, 0) is 14.3 Å². The van der Waals surface area contributed by atoms with E-state index in [-0.39, 0.29) is 11.5 Å². The summed E-state index contributed by atoms with van der Waals surface area (Å²) >= 11 is 0. The van der Waals surface area contributed by atoms with Crippen LogP contribution in [0.1, 0.15) is 13.8 Å². The molecular formula is C8H12O4. The molecule has 68 valence electrons. The molecule has 4 nitrogen and oxygen atoms in total. The van der Waals surface area contributed by atoms with Crippen LogP contribution in [0.4, 0.5) is 0 Å². The highest BCUT2D eigenvalue weighted by atomic mass is 16.5. The number of methoxy groups -OCH3 is 1. The molecule has 0 aliphatic heterocycles. The Morgan fingerprint density at radius 2 is 1.92 bits per heavy atom. The second kappa shape index (κ2) is 4.54. The van der Waals surface area contributed by atoms with E-state index in [0.717, 1.165) is 6.08 Å². The number of hydrogen-bond acceptors (Lipinski definition) is 3. The second-order valence-corrected chi connectivity index (χ2v) is 2.58. The monoisotopic (exact) mass is 172 g/mol. The first-order valence-electron chi connectivity index (χ1n) is 3.51. The standard InChI is InChI=1S/C8H12O4/c1-5(2)6(4-7(9)10)8(11)12-3/h4-5H,1-3H3,(H,9,10). The highest BCUT2D eigenvalue weighted by molar-refractivity contribution is 5.95. The Morgan fingerprint density at radius 1 is 1.42 bits per heavy atom. The van der Waals surface area contributed by atoms with Crippen molar-refractivity contribution in [3.63, 3.8) is 0 Å². The van der Waals surface area contributed by atoms with Gasteiger partial charge in [0.2, 0.25) is 0 Å². The molecule has 0 atom stereocenters. The molecule has 0 saturated heterocycles. The molecular weight excluding hydrogens is 160 g/mol. The van der Waals surface area contributed by atoms with E-state index >= 15 is 0 Å². The smallest absolute Gasteiger partial charge is 0.334 e. The van der Waals surface area contributed by atoms with Crippen molar-refractivity contribution in [3.8, 4) is 0 Å². The van der Waals surface area contributed by atoms with Crippen molar-refractivity contribution in [2.45, 2.75) is 13.8 Å². The molecule has 0 amide bonds. The molecule has 0 aliphatic carbocycles. The van der Waals surface area contributed by atoms with Crippen molar-refractivity contribution in [1.29, 1.82) is 0 Å². The van der Waals surface area contributed by atoms with Gasteiger partial charge in [-0.1, -0.05) is 13.8 Å². The predicted octanol–water partition coefficient (Wildman–Crippen LogP) is 0.826. The van der Waals surface area contributed by atoms with E-state index in [1.54, 1.807) is 13.8 Å². The lowest BCUT2D eigenvalue weighted by Crippen LogP contribution is -2.12. The molecule has 0 aromatic carbocycles. The first kappa shape index (κ1) is 10.7. The van der Waals surface area contributed by atoms with E-state index < -0.39 is 11.9 Å². The Labute approximate surface area is 70.8 Å². The van der Waals surface area contributed by atoms with Gasteiger partial charge in [0.25, 0.3) is 0 Å². The first-order valence-corrected chi connectivity index (χ1v) is 3.51. The molecule has 0 bridgehead atoms. The van der Waals surface area contributed by atoms with E-state index in [0.29, 0.717) is 0 Å². The van der Waals surface area contributed by atoms with Crippen LogP contribution in [0.25, 0.3) is 0 Å². The summed E-state index contributed by atoms with van der Waals surface area (Å²) < 4.78 is 4.40. The van der Waals surface area contributed by atoms with Crippen LogP contribution in [0.15, 0.2) is 11.6 Å². The number of carbonyl (C=O) groups is 2. The Bertz CT molecular complexity index is 215. The van der Waals surface area contributed by atoms with Crippen molar-refractivity contribution in [1.82, 2.24) is 0 Å². The Kier molecular flexibility index (Phi) is 4.04. The number of carboxylic acids is 1. The van der Waals surface area contributed by atoms with Crippen molar-refractivity contribution in [2.24, 2.45) is 5.92 Å². The fourth-order valence-corrected chi connectivity index (χ4v) is 0.712. The van der Waals surface area contributed by atoms with Crippen LogP contribution >= 0.6 is 0 Å². The average molecular weight is 172 g/mol. The van der Waals surface area contributed by atoms with Gasteiger partial charge in [-0.3, -0.25) is 0 Å². The molecule has 0 rings (SSSR count). The van der Waals surface area contributed by atoms with Gasteiger partial charge in [-0.2, -0.15) is 0 Å². The summed E-state index contributed by atoms with van der Waals surface area (Å²) in [5.41, 5.74) is 0.171. The Balaban J connectivity index is 4.66. The van der Waals surface area contributed by atoms with Gasteiger partial charge in [0, 0.05) is 11.6 Å². The van der Waals surface area contributed by atoms with Gasteiger partial charge in [0.05, 0.1) is 7.11 Å². The summed E-state index contributed by atoms with van der Waals surface area (Å²) in [6, 6.07) is 0. The molecule has 0 aromatic heterocycles. The zero-order chi connectivity index (χ0) is 9.72. The maximum Gasteiger partial charge on any atom is 0.334 e. The lowest BCUT2D eigenvalue weighted by atomic mass is 10.0. The number of ether oxygens (including phenoxy) is 1. The molecule has 0 saturated carbocycles. The van der Waals surface area contributed by atoms with Gasteiger partial charge in [0.15, 0.2) is 0 Å². The number of carboxylic acid groups (broad SMARTS) is 1. The first-order chi connectivity index (χ1) is 5.49. The van der Waals surface area contributed by atoms with Crippen molar-refractivity contribution < 1.29 is 19.4 Å². The van der Waals surface area contributed by atoms with Gasteiger partial charge in [-0.15, -0.1) is 0 Å². The summed E-state index contributed by atoms with van der Waals surface area (Å²) in [5, 5.41) is 8.39. The van der Waals surface area contributed by atoms with E-state index in [9.17, 15) is 9.59 Å². The van der Waals surface area contributed by atoms with Crippen molar-refractivity contribution >= 4 is 11.9 Å². The number of esters is 1. The third-order valence-electron chi connectivity index (χ3n) is 1.32. The van der Waals surface area contributed by atoms with Crippen LogP contribution < -0.4 is 0 Å². The lowest BCUT2D eigenvalue weighted by Gasteiger charge is -2.06. The minimum atomic E-state index is -1.14. The summed E-state index contributed by atoms with van der Waals surface area (Å²) in [7, 11) is 1.22. The predicted molar refractivity (Wildman–Crippen MR) is 42.6 cm³/mol. The molecule has 1 N–H and O–H groups in total. The number of rotatable bonds is 3. The maximum atomic E-state index is 10.9. The molecule has 12 heavy (non-hydrogen) atoms. The van der Waals surface area contributed by atoms with Crippen molar-refractivity contribution in [2.75, 3.05) is 7.11 Å². The topological polar surface area (TPSA) is 63.6 Å². The second-order valence-electron chi connectivity index (χ2n) is 2.58. The normalized spacial score (nSPS) is 11.5. The van der Waals surface area contributed by atoms with Gasteiger partial charge >= 0.3 is 11.9 Å². The minimum absolute atomic E-state index is 0.145. The fraction of sp³-hybridized carbons (Fsp3) is 0.500. The molecule has 4 heteroatoms. The van der Waals surface area contributed by atoms with E-state index in [1.807, 2.05) is 0 Å². The largest absolute Gasteiger partial charge is 0.478 e. The van der Waals surface area contributed by atoms with E-state index in [4.69, 9.17) is 5.11 Å². The van der Waals surface area contributed by atoms with Crippen LogP contribution in [0.2, 0.25) is 0 Å². The van der Waals surface area contributed by atoms with Crippen LogP contribution in [0.3, 0.4) is 0 Å². The van der Waals surface area contributed by atoms with E-state index in [2.05, 4.69) is 4.74 Å². The van der Waals surface area contributed by atoms with Crippen LogP contribution in [0.5, 0.6) is 0 Å². The Hall–Kier alpha value is -1.32. The summed E-state index contributed by atoms with van der Waals surface area (Å²) in [4.78, 5) is 21.2. The van der Waals surface area contributed by atoms with Crippen molar-refractivity contribution in [3.05, 3.63) is 11.6 Å². The van der Waals surface area contributed by atoms with E-state index in [1.165, 1.54) is 7.11 Å². The maximum absolute atomic E-state index is 10.9. The number of aliphatic carboxylic acids is 1. The molecule has 0 heterocycles. The molecule has 0 unspecified atom stereocenters. The fourth-order valence-electron chi connectivity index (χ4n) is 0.712. The molecule has 0 fully saturated rings. The van der Waals surface area contributed by atoms with Gasteiger partial charge < -0.3 is 9.84 Å². The van der Waals surface area contributed by atoms with Gasteiger partial charge in [-0.25, -0.2) is 9.59 Å². The third-order valence-corrected chi connectivity index (χ3v) is 1.32. The highest BCUT2D eigenvalue weighted by Gasteiger charge is 2.14. The highest BCUT2D eigenvalue weighted by Crippen LogP contribution is 2.10. The lowest BCUT2D eigenvalue weighted by molar-refractivity contribution is -0.138. The zero-order valence-corrected chi connectivity index (χ0v) is 7.33. The molecule has 0 spiro atoms. The third kappa shape index (κ3) is 3.18. The SMILES string of the molecule is COC(=O)C(=CC(=O)O)C(C)C. The van der Waals surface area contributed by atoms with Gasteiger partial charge in [-0.05, 0) is 5.92 Å². The molecule has 0 aliphatic rings. The quantitative estimate of drug-likeness (QED) is 0.505. The Morgan fingerprint density at radius 3 is 2.17 bits per heavy atom. The summed E-state index contributed by atoms with van der Waals surface area (Å²) in [5.74, 6) is -1.87. The number of carbonyl (C=O) groups excluding carboxylic acids is 1. The molecule has 0 radical (unpaired) electrons.